The second-order valence-electron chi connectivity index (χ2n) is 8.53. The third-order valence-corrected chi connectivity index (χ3v) is 6.02. The van der Waals surface area contributed by atoms with Gasteiger partial charge >= 0.3 is 6.03 Å². The molecule has 0 radical (unpaired) electrons. The van der Waals surface area contributed by atoms with Crippen molar-refractivity contribution < 1.29 is 23.9 Å². The average molecular weight is 445 g/mol. The molecule has 2 heterocycles. The smallest absolute Gasteiger partial charge is 0.323 e. The summed E-state index contributed by atoms with van der Waals surface area (Å²) in [7, 11) is 1.54. The van der Waals surface area contributed by atoms with E-state index >= 15 is 0 Å². The van der Waals surface area contributed by atoms with Gasteiger partial charge in [0, 0.05) is 17.7 Å². The summed E-state index contributed by atoms with van der Waals surface area (Å²) >= 11 is 0. The molecule has 2 fully saturated rings. The van der Waals surface area contributed by atoms with E-state index in [9.17, 15) is 14.4 Å². The van der Waals surface area contributed by atoms with Gasteiger partial charge in [0.05, 0.1) is 20.3 Å². The van der Waals surface area contributed by atoms with Crippen LogP contribution in [0.25, 0.3) is 0 Å². The van der Waals surface area contributed by atoms with Crippen LogP contribution in [0.4, 0.5) is 4.79 Å². The predicted octanol–water partition coefficient (Wildman–Crippen LogP) is 2.07. The Bertz CT molecular complexity index is 1190. The van der Waals surface area contributed by atoms with Crippen LogP contribution < -0.4 is 20.1 Å². The zero-order valence-electron chi connectivity index (χ0n) is 18.1. The number of ether oxygens (including phenoxy) is 2. The largest absolute Gasteiger partial charge is 0.497 e. The van der Waals surface area contributed by atoms with Crippen LogP contribution >= 0.6 is 0 Å². The molecular weight excluding hydrogens is 422 g/mol. The molecule has 168 valence electrons. The number of rotatable bonds is 6. The first-order valence-electron chi connectivity index (χ1n) is 10.8. The highest BCUT2D eigenvalue weighted by Crippen LogP contribution is 2.30. The van der Waals surface area contributed by atoms with E-state index in [-0.39, 0.29) is 12.5 Å². The number of hydrogen-bond acceptors (Lipinski definition) is 5. The molecule has 2 aromatic rings. The van der Waals surface area contributed by atoms with E-state index in [1.165, 1.54) is 24.9 Å². The van der Waals surface area contributed by atoms with Gasteiger partial charge in [0.15, 0.2) is 0 Å². The van der Waals surface area contributed by atoms with Crippen LogP contribution in [0.2, 0.25) is 0 Å². The standard InChI is InChI=1S/C25H23N3O5/c1-32-20-9-6-18-13-28(22(29)21(18)12-20)15-25(23(30)26-24(31)27-25)11-10-16-4-7-19(8-5-16)33-14-17-2-3-17/h4-9,12,17H,2-3,13-15H2,1H3,(H2,26,27,30,31)/t25-/m1/s1. The number of urea groups is 1. The van der Waals surface area contributed by atoms with Crippen molar-refractivity contribution in [1.29, 1.82) is 0 Å². The predicted molar refractivity (Wildman–Crippen MR) is 119 cm³/mol. The molecule has 2 N–H and O–H groups in total. The molecule has 1 aliphatic carbocycles. The van der Waals surface area contributed by atoms with E-state index in [1.54, 1.807) is 24.3 Å². The second kappa shape index (κ2) is 8.17. The Morgan fingerprint density at radius 3 is 2.52 bits per heavy atom. The van der Waals surface area contributed by atoms with Crippen molar-refractivity contribution in [3.8, 4) is 23.3 Å². The van der Waals surface area contributed by atoms with Crippen molar-refractivity contribution in [3.63, 3.8) is 0 Å². The minimum absolute atomic E-state index is 0.0734. The maximum absolute atomic E-state index is 13.0. The Morgan fingerprint density at radius 1 is 1.09 bits per heavy atom. The van der Waals surface area contributed by atoms with Gasteiger partial charge in [0.2, 0.25) is 5.54 Å². The Morgan fingerprint density at radius 2 is 1.85 bits per heavy atom. The number of amides is 4. The number of methoxy groups -OCH3 is 1. The molecule has 0 aromatic heterocycles. The fraction of sp³-hybridized carbons (Fsp3) is 0.320. The lowest BCUT2D eigenvalue weighted by atomic mass is 9.99. The molecule has 8 heteroatoms. The zero-order valence-corrected chi connectivity index (χ0v) is 18.1. The molecule has 2 aliphatic heterocycles. The van der Waals surface area contributed by atoms with Gasteiger partial charge in [0.1, 0.15) is 11.5 Å². The van der Waals surface area contributed by atoms with Crippen molar-refractivity contribution in [2.24, 2.45) is 5.92 Å². The number of nitrogens with zero attached hydrogens (tertiary/aromatic N) is 1. The number of carbonyl (C=O) groups is 3. The molecule has 33 heavy (non-hydrogen) atoms. The van der Waals surface area contributed by atoms with Crippen molar-refractivity contribution in [2.45, 2.75) is 24.9 Å². The molecular formula is C25H23N3O5. The minimum atomic E-state index is -1.54. The number of nitrogens with one attached hydrogen (secondary N) is 2. The van der Waals surface area contributed by atoms with Crippen LogP contribution in [0, 0.1) is 17.8 Å². The summed E-state index contributed by atoms with van der Waals surface area (Å²) in [6.07, 6.45) is 2.44. The maximum atomic E-state index is 13.0. The molecule has 0 bridgehead atoms. The van der Waals surface area contributed by atoms with Gasteiger partial charge in [-0.1, -0.05) is 17.9 Å². The lowest BCUT2D eigenvalue weighted by Gasteiger charge is -2.26. The highest BCUT2D eigenvalue weighted by Gasteiger charge is 2.48. The zero-order chi connectivity index (χ0) is 23.0. The van der Waals surface area contributed by atoms with Crippen molar-refractivity contribution in [2.75, 3.05) is 20.3 Å². The minimum Gasteiger partial charge on any atom is -0.497 e. The second-order valence-corrected chi connectivity index (χ2v) is 8.53. The van der Waals surface area contributed by atoms with Gasteiger partial charge in [-0.05, 0) is 60.7 Å². The summed E-state index contributed by atoms with van der Waals surface area (Å²) in [5.74, 6) is 7.08. The lowest BCUT2D eigenvalue weighted by molar-refractivity contribution is -0.122. The fourth-order valence-corrected chi connectivity index (χ4v) is 3.92. The lowest BCUT2D eigenvalue weighted by Crippen LogP contribution is -2.54. The van der Waals surface area contributed by atoms with Gasteiger partial charge in [-0.25, -0.2) is 4.79 Å². The molecule has 4 amide bonds. The van der Waals surface area contributed by atoms with E-state index in [0.717, 1.165) is 17.9 Å². The molecule has 1 saturated heterocycles. The molecule has 0 unspecified atom stereocenters. The number of carbonyl (C=O) groups excluding carboxylic acids is 3. The summed E-state index contributed by atoms with van der Waals surface area (Å²) in [6.45, 7) is 0.965. The molecule has 8 nitrogen and oxygen atoms in total. The number of fused-ring (bicyclic) bond motifs is 1. The van der Waals surface area contributed by atoms with E-state index in [2.05, 4.69) is 22.5 Å². The Hall–Kier alpha value is -3.99. The molecule has 0 spiro atoms. The fourth-order valence-electron chi connectivity index (χ4n) is 3.92. The van der Waals surface area contributed by atoms with Crippen molar-refractivity contribution >= 4 is 17.8 Å². The molecule has 2 aromatic carbocycles. The highest BCUT2D eigenvalue weighted by atomic mass is 16.5. The quantitative estimate of drug-likeness (QED) is 0.524. The first kappa shape index (κ1) is 20.9. The Labute approximate surface area is 191 Å². The first-order valence-corrected chi connectivity index (χ1v) is 10.8. The van der Waals surface area contributed by atoms with Crippen LogP contribution in [0.1, 0.15) is 34.3 Å². The van der Waals surface area contributed by atoms with E-state index in [1.807, 2.05) is 18.2 Å². The maximum Gasteiger partial charge on any atom is 0.323 e. The number of benzene rings is 2. The van der Waals surface area contributed by atoms with Crippen LogP contribution in [0.15, 0.2) is 42.5 Å². The van der Waals surface area contributed by atoms with Crippen LogP contribution in [-0.4, -0.2) is 48.5 Å². The number of hydrogen-bond donors (Lipinski definition) is 2. The summed E-state index contributed by atoms with van der Waals surface area (Å²) in [5, 5.41) is 4.86. The van der Waals surface area contributed by atoms with Gasteiger partial charge in [-0.3, -0.25) is 14.9 Å². The van der Waals surface area contributed by atoms with Gasteiger partial charge < -0.3 is 19.7 Å². The van der Waals surface area contributed by atoms with E-state index in [0.29, 0.717) is 29.3 Å². The Balaban J connectivity index is 1.36. The average Bonchev–Trinajstić information content (AvgIpc) is 3.54. The summed E-state index contributed by atoms with van der Waals surface area (Å²) in [6, 6.07) is 11.9. The van der Waals surface area contributed by atoms with Crippen LogP contribution in [0.5, 0.6) is 11.5 Å². The summed E-state index contributed by atoms with van der Waals surface area (Å²) in [5.41, 5.74) is 0.474. The number of imide groups is 1. The third-order valence-electron chi connectivity index (χ3n) is 6.02. The monoisotopic (exact) mass is 445 g/mol. The van der Waals surface area contributed by atoms with Gasteiger partial charge in [-0.2, -0.15) is 0 Å². The summed E-state index contributed by atoms with van der Waals surface area (Å²) < 4.78 is 10.9. The molecule has 1 atom stereocenters. The highest BCUT2D eigenvalue weighted by molar-refractivity contribution is 6.10. The molecule has 3 aliphatic rings. The topological polar surface area (TPSA) is 97.0 Å². The first-order chi connectivity index (χ1) is 16.0. The normalized spacial score (nSPS) is 21.1. The van der Waals surface area contributed by atoms with Gasteiger partial charge in [0.25, 0.3) is 11.8 Å². The van der Waals surface area contributed by atoms with E-state index < -0.39 is 17.5 Å². The molecule has 1 saturated carbocycles. The van der Waals surface area contributed by atoms with Crippen LogP contribution in [-0.2, 0) is 11.3 Å². The van der Waals surface area contributed by atoms with E-state index in [4.69, 9.17) is 9.47 Å². The van der Waals surface area contributed by atoms with Crippen molar-refractivity contribution in [3.05, 3.63) is 59.2 Å². The van der Waals surface area contributed by atoms with Crippen molar-refractivity contribution in [1.82, 2.24) is 15.5 Å². The molecule has 5 rings (SSSR count). The third kappa shape index (κ3) is 4.22. The van der Waals surface area contributed by atoms with Crippen LogP contribution in [0.3, 0.4) is 0 Å². The summed E-state index contributed by atoms with van der Waals surface area (Å²) in [4.78, 5) is 39.2. The SMILES string of the molecule is COc1ccc2c(c1)C(=O)N(C[C@@]1(C#Cc3ccc(OCC4CC4)cc3)NC(=O)NC1=O)C2. The Kier molecular flexibility index (Phi) is 5.17. The van der Waals surface area contributed by atoms with Gasteiger partial charge in [-0.15, -0.1) is 0 Å².